The summed E-state index contributed by atoms with van der Waals surface area (Å²) >= 11 is 0. The van der Waals surface area contributed by atoms with Crippen molar-refractivity contribution in [3.63, 3.8) is 0 Å². The molecular weight excluding hydrogens is 384 g/mol. The number of nitrogens with zero attached hydrogens (tertiary/aromatic N) is 4. The zero-order valence-corrected chi connectivity index (χ0v) is 17.3. The first-order valence-electron chi connectivity index (χ1n) is 10.7. The van der Waals surface area contributed by atoms with Gasteiger partial charge in [-0.2, -0.15) is 0 Å². The van der Waals surface area contributed by atoms with Crippen LogP contribution in [0.1, 0.15) is 30.0 Å². The lowest BCUT2D eigenvalue weighted by Gasteiger charge is -2.32. The maximum absolute atomic E-state index is 12.6. The molecule has 1 aliphatic rings. The number of carbonyl (C=O) groups is 1. The Bertz CT molecular complexity index is 1180. The van der Waals surface area contributed by atoms with E-state index in [1.165, 1.54) is 16.5 Å². The van der Waals surface area contributed by atoms with Crippen molar-refractivity contribution >= 4 is 16.7 Å². The molecule has 0 saturated carbocycles. The molecule has 3 heterocycles. The molecular formula is C26H24N4O. The fourth-order valence-electron chi connectivity index (χ4n) is 4.43. The Balaban J connectivity index is 1.25. The molecule has 31 heavy (non-hydrogen) atoms. The van der Waals surface area contributed by atoms with Crippen LogP contribution in [-0.4, -0.2) is 38.8 Å². The lowest BCUT2D eigenvalue weighted by molar-refractivity contribution is -0.131. The van der Waals surface area contributed by atoms with Crippen LogP contribution in [0.3, 0.4) is 0 Å². The molecule has 0 N–H and O–H groups in total. The summed E-state index contributed by atoms with van der Waals surface area (Å²) in [6.45, 7) is 1.58. The van der Waals surface area contributed by atoms with E-state index in [-0.39, 0.29) is 5.91 Å². The van der Waals surface area contributed by atoms with E-state index in [4.69, 9.17) is 0 Å². The number of fused-ring (bicyclic) bond motifs is 1. The highest BCUT2D eigenvalue weighted by molar-refractivity contribution is 5.95. The highest BCUT2D eigenvalue weighted by Gasteiger charge is 2.24. The molecule has 0 unspecified atom stereocenters. The molecule has 1 amide bonds. The van der Waals surface area contributed by atoms with Crippen LogP contribution in [0, 0.1) is 0 Å². The monoisotopic (exact) mass is 408 g/mol. The van der Waals surface area contributed by atoms with E-state index in [9.17, 15) is 4.79 Å². The van der Waals surface area contributed by atoms with Gasteiger partial charge in [0.15, 0.2) is 0 Å². The van der Waals surface area contributed by atoms with Crippen LogP contribution in [0.5, 0.6) is 0 Å². The minimum absolute atomic E-state index is 0.137. The normalized spacial score (nSPS) is 14.6. The van der Waals surface area contributed by atoms with E-state index in [2.05, 4.69) is 57.4 Å². The van der Waals surface area contributed by atoms with Crippen LogP contribution in [-0.2, 0) is 11.2 Å². The summed E-state index contributed by atoms with van der Waals surface area (Å²) in [5.74, 6) is 0.623. The van der Waals surface area contributed by atoms with E-state index >= 15 is 0 Å². The quantitative estimate of drug-likeness (QED) is 0.494. The molecule has 0 aliphatic carbocycles. The fourth-order valence-corrected chi connectivity index (χ4v) is 4.43. The predicted molar refractivity (Wildman–Crippen MR) is 121 cm³/mol. The molecule has 2 aromatic carbocycles. The molecule has 1 aliphatic heterocycles. The molecule has 0 radical (unpaired) electrons. The first-order valence-corrected chi connectivity index (χ1v) is 10.7. The Morgan fingerprint density at radius 2 is 1.71 bits per heavy atom. The van der Waals surface area contributed by atoms with E-state index in [0.717, 1.165) is 42.6 Å². The molecule has 0 spiro atoms. The van der Waals surface area contributed by atoms with E-state index in [1.807, 2.05) is 23.4 Å². The number of carbonyl (C=O) groups excluding carboxylic acids is 1. The number of benzene rings is 2. The van der Waals surface area contributed by atoms with Gasteiger partial charge >= 0.3 is 0 Å². The summed E-state index contributed by atoms with van der Waals surface area (Å²) in [5.41, 5.74) is 4.42. The number of rotatable bonds is 4. The van der Waals surface area contributed by atoms with E-state index in [1.54, 1.807) is 18.6 Å². The second kappa shape index (κ2) is 8.64. The first-order chi connectivity index (χ1) is 15.3. The summed E-state index contributed by atoms with van der Waals surface area (Å²) < 4.78 is 0. The zero-order valence-electron chi connectivity index (χ0n) is 17.3. The van der Waals surface area contributed by atoms with Crippen molar-refractivity contribution in [1.29, 1.82) is 0 Å². The standard InChI is InChI=1S/C26H24N4O/c31-26(15-23-17-27-11-12-29-23)30-13-9-20(10-14-30)19-5-7-21(8-6-19)25-18-28-16-22-3-1-2-4-24(22)25/h1-8,11-12,16-18,20H,9-10,13-15H2. The van der Waals surface area contributed by atoms with Crippen LogP contribution >= 0.6 is 0 Å². The summed E-state index contributed by atoms with van der Waals surface area (Å²) in [4.78, 5) is 27.2. The SMILES string of the molecule is O=C(Cc1cnccn1)N1CCC(c2ccc(-c3cncc4ccccc34)cc2)CC1. The average Bonchev–Trinajstić information content (AvgIpc) is 2.84. The third-order valence-corrected chi connectivity index (χ3v) is 6.16. The first kappa shape index (κ1) is 19.4. The molecule has 0 atom stereocenters. The Kier molecular flexibility index (Phi) is 5.40. The van der Waals surface area contributed by atoms with Gasteiger partial charge in [-0.3, -0.25) is 19.7 Å². The van der Waals surface area contributed by atoms with Crippen LogP contribution in [0.25, 0.3) is 21.9 Å². The van der Waals surface area contributed by atoms with E-state index < -0.39 is 0 Å². The van der Waals surface area contributed by atoms with Crippen LogP contribution in [0.2, 0.25) is 0 Å². The fraction of sp³-hybridized carbons (Fsp3) is 0.231. The molecule has 4 aromatic rings. The predicted octanol–water partition coefficient (Wildman–Crippen LogP) is 4.64. The van der Waals surface area contributed by atoms with Gasteiger partial charge in [-0.05, 0) is 35.3 Å². The van der Waals surface area contributed by atoms with Crippen LogP contribution < -0.4 is 0 Å². The van der Waals surface area contributed by atoms with Gasteiger partial charge in [0.1, 0.15) is 0 Å². The van der Waals surface area contributed by atoms with Gasteiger partial charge in [0.25, 0.3) is 0 Å². The third-order valence-electron chi connectivity index (χ3n) is 6.16. The van der Waals surface area contributed by atoms with Crippen molar-refractivity contribution in [3.8, 4) is 11.1 Å². The molecule has 5 nitrogen and oxygen atoms in total. The van der Waals surface area contributed by atoms with Crippen molar-refractivity contribution in [2.75, 3.05) is 13.1 Å². The maximum atomic E-state index is 12.6. The van der Waals surface area contributed by atoms with Gasteiger partial charge in [0.05, 0.1) is 12.1 Å². The Hall–Kier alpha value is -3.60. The van der Waals surface area contributed by atoms with Crippen molar-refractivity contribution in [2.24, 2.45) is 0 Å². The lowest BCUT2D eigenvalue weighted by Crippen LogP contribution is -2.38. The van der Waals surface area contributed by atoms with E-state index in [0.29, 0.717) is 12.3 Å². The van der Waals surface area contributed by atoms with Crippen LogP contribution in [0.15, 0.2) is 79.5 Å². The topological polar surface area (TPSA) is 59.0 Å². The molecule has 2 aromatic heterocycles. The number of hydrogen-bond donors (Lipinski definition) is 0. The Morgan fingerprint density at radius 3 is 2.48 bits per heavy atom. The smallest absolute Gasteiger partial charge is 0.228 e. The molecule has 1 fully saturated rings. The average molecular weight is 409 g/mol. The minimum Gasteiger partial charge on any atom is -0.342 e. The molecule has 5 heteroatoms. The number of pyridine rings is 1. The van der Waals surface area contributed by atoms with Crippen molar-refractivity contribution in [1.82, 2.24) is 19.9 Å². The highest BCUT2D eigenvalue weighted by Crippen LogP contribution is 2.32. The zero-order chi connectivity index (χ0) is 21.0. The third kappa shape index (κ3) is 4.17. The van der Waals surface area contributed by atoms with Gasteiger partial charge in [-0.15, -0.1) is 0 Å². The minimum atomic E-state index is 0.137. The number of hydrogen-bond acceptors (Lipinski definition) is 4. The van der Waals surface area contributed by atoms with Gasteiger partial charge < -0.3 is 4.90 Å². The number of likely N-dealkylation sites (tertiary alicyclic amines) is 1. The largest absolute Gasteiger partial charge is 0.342 e. The second-order valence-corrected chi connectivity index (χ2v) is 8.06. The van der Waals surface area contributed by atoms with Crippen molar-refractivity contribution < 1.29 is 4.79 Å². The molecule has 0 bridgehead atoms. The summed E-state index contributed by atoms with van der Waals surface area (Å²) in [6, 6.07) is 17.2. The van der Waals surface area contributed by atoms with Gasteiger partial charge in [0, 0.05) is 55.0 Å². The van der Waals surface area contributed by atoms with Gasteiger partial charge in [-0.1, -0.05) is 48.5 Å². The molecule has 154 valence electrons. The second-order valence-electron chi connectivity index (χ2n) is 8.06. The molecule has 5 rings (SSSR count). The number of amides is 1. The lowest BCUT2D eigenvalue weighted by atomic mass is 9.88. The maximum Gasteiger partial charge on any atom is 0.228 e. The summed E-state index contributed by atoms with van der Waals surface area (Å²) in [6.07, 6.45) is 11.1. The van der Waals surface area contributed by atoms with Gasteiger partial charge in [-0.25, -0.2) is 0 Å². The molecule has 1 saturated heterocycles. The Labute approximate surface area is 181 Å². The number of aromatic nitrogens is 3. The summed E-state index contributed by atoms with van der Waals surface area (Å²) in [7, 11) is 0. The highest BCUT2D eigenvalue weighted by atomic mass is 16.2. The number of piperidine rings is 1. The van der Waals surface area contributed by atoms with Gasteiger partial charge in [0.2, 0.25) is 5.91 Å². The van der Waals surface area contributed by atoms with Crippen molar-refractivity contribution in [3.05, 3.63) is 90.8 Å². The summed E-state index contributed by atoms with van der Waals surface area (Å²) in [5, 5.41) is 2.38. The van der Waals surface area contributed by atoms with Crippen LogP contribution in [0.4, 0.5) is 0 Å². The Morgan fingerprint density at radius 1 is 0.903 bits per heavy atom. The van der Waals surface area contributed by atoms with Crippen molar-refractivity contribution in [2.45, 2.75) is 25.2 Å².